The number of hydrogen-bond donors (Lipinski definition) is 0. The first kappa shape index (κ1) is 18.7. The van der Waals surface area contributed by atoms with Crippen molar-refractivity contribution >= 4 is 28.3 Å². The van der Waals surface area contributed by atoms with Crippen LogP contribution in [-0.2, 0) is 9.53 Å². The highest BCUT2D eigenvalue weighted by molar-refractivity contribution is 8.14. The Morgan fingerprint density at radius 1 is 1.22 bits per heavy atom. The number of benzene rings is 1. The number of aliphatic imine (C=N–C) groups is 1. The van der Waals surface area contributed by atoms with Crippen LogP contribution < -0.4 is 0 Å². The van der Waals surface area contributed by atoms with Gasteiger partial charge in [0.25, 0.3) is 0 Å². The molecular weight excluding hydrogens is 356 g/mol. The minimum absolute atomic E-state index is 0.380. The van der Waals surface area contributed by atoms with E-state index in [0.717, 1.165) is 16.7 Å². The zero-order valence-corrected chi connectivity index (χ0v) is 15.6. The van der Waals surface area contributed by atoms with Gasteiger partial charge in [0.15, 0.2) is 6.04 Å². The standard InChI is InChI=1S/C22H18N2O2S/c1-26-22(25)20-15-27-21(24-20)19(14-23)18(17-11-7-4-8-12-17)13-16-9-5-2-3-6-10-16/h2-13,20H,15H2,1H3/b19-18-/t20-/m0/s1. The van der Waals surface area contributed by atoms with Gasteiger partial charge in [0.05, 0.1) is 12.7 Å². The number of thioether (sulfide) groups is 1. The number of carbonyl (C=O) groups is 1. The maximum Gasteiger partial charge on any atom is 0.331 e. The van der Waals surface area contributed by atoms with E-state index >= 15 is 0 Å². The predicted molar refractivity (Wildman–Crippen MR) is 110 cm³/mol. The van der Waals surface area contributed by atoms with Crippen molar-refractivity contribution in [3.05, 3.63) is 89.6 Å². The topological polar surface area (TPSA) is 62.5 Å². The lowest BCUT2D eigenvalue weighted by atomic mass is 9.98. The average molecular weight is 374 g/mol. The summed E-state index contributed by atoms with van der Waals surface area (Å²) in [6, 6.07) is 11.5. The molecule has 2 aliphatic rings. The van der Waals surface area contributed by atoms with Gasteiger partial charge in [-0.2, -0.15) is 5.26 Å². The third-order valence-electron chi connectivity index (χ3n) is 4.03. The molecule has 0 bridgehead atoms. The van der Waals surface area contributed by atoms with Gasteiger partial charge >= 0.3 is 5.97 Å². The molecule has 134 valence electrons. The fourth-order valence-corrected chi connectivity index (χ4v) is 3.72. The van der Waals surface area contributed by atoms with Crippen molar-refractivity contribution in [2.75, 3.05) is 12.9 Å². The predicted octanol–water partition coefficient (Wildman–Crippen LogP) is 4.26. The molecule has 1 atom stereocenters. The minimum Gasteiger partial charge on any atom is -0.467 e. The molecule has 0 unspecified atom stereocenters. The number of hydrogen-bond acceptors (Lipinski definition) is 5. The SMILES string of the molecule is COC(=O)[C@@H]1CSC(/C(C#N)=C(/C=C2C=CC=CC=C2)c2ccccc2)=N1. The lowest BCUT2D eigenvalue weighted by molar-refractivity contribution is -0.141. The van der Waals surface area contributed by atoms with E-state index in [1.165, 1.54) is 18.9 Å². The number of carbonyl (C=O) groups excluding carboxylic acids is 1. The molecule has 4 nitrogen and oxygen atoms in total. The molecule has 1 aliphatic carbocycles. The molecular formula is C22H18N2O2S. The van der Waals surface area contributed by atoms with Crippen molar-refractivity contribution in [2.24, 2.45) is 4.99 Å². The van der Waals surface area contributed by atoms with Crippen LogP contribution in [0.1, 0.15) is 5.56 Å². The van der Waals surface area contributed by atoms with E-state index in [0.29, 0.717) is 16.4 Å². The molecule has 0 saturated carbocycles. The Balaban J connectivity index is 2.12. The van der Waals surface area contributed by atoms with E-state index in [9.17, 15) is 10.1 Å². The van der Waals surface area contributed by atoms with Gasteiger partial charge in [-0.05, 0) is 17.2 Å². The van der Waals surface area contributed by atoms with Crippen molar-refractivity contribution in [3.63, 3.8) is 0 Å². The molecule has 0 aromatic heterocycles. The summed E-state index contributed by atoms with van der Waals surface area (Å²) in [6.07, 6.45) is 13.8. The lowest BCUT2D eigenvalue weighted by Gasteiger charge is -2.08. The minimum atomic E-state index is -0.565. The molecule has 1 aromatic carbocycles. The molecule has 0 spiro atoms. The average Bonchev–Trinajstić information content (AvgIpc) is 3.05. The summed E-state index contributed by atoms with van der Waals surface area (Å²) >= 11 is 1.41. The maximum atomic E-state index is 11.8. The Hall–Kier alpha value is -3.10. The number of esters is 1. The van der Waals surface area contributed by atoms with E-state index in [1.807, 2.05) is 72.9 Å². The Labute approximate surface area is 162 Å². The maximum absolute atomic E-state index is 11.8. The first-order valence-electron chi connectivity index (χ1n) is 8.44. The fraction of sp³-hybridized carbons (Fsp3) is 0.136. The summed E-state index contributed by atoms with van der Waals surface area (Å²) < 4.78 is 4.78. The molecule has 0 N–H and O–H groups in total. The van der Waals surface area contributed by atoms with E-state index in [-0.39, 0.29) is 5.97 Å². The first-order valence-corrected chi connectivity index (χ1v) is 9.43. The molecule has 1 aromatic rings. The Bertz CT molecular complexity index is 926. The summed E-state index contributed by atoms with van der Waals surface area (Å²) in [5, 5.41) is 10.5. The molecule has 1 aliphatic heterocycles. The molecule has 0 saturated heterocycles. The quantitative estimate of drug-likeness (QED) is 0.584. The summed E-state index contributed by atoms with van der Waals surface area (Å²) in [7, 11) is 1.35. The van der Waals surface area contributed by atoms with Crippen LogP contribution in [0.2, 0.25) is 0 Å². The normalized spacial score (nSPS) is 19.0. The van der Waals surface area contributed by atoms with Crippen molar-refractivity contribution in [1.82, 2.24) is 0 Å². The molecule has 0 amide bonds. The van der Waals surface area contributed by atoms with Crippen LogP contribution in [0.25, 0.3) is 5.57 Å². The molecule has 3 rings (SSSR count). The van der Waals surface area contributed by atoms with Gasteiger partial charge in [0.1, 0.15) is 11.1 Å². The van der Waals surface area contributed by atoms with Gasteiger partial charge in [-0.1, -0.05) is 66.8 Å². The van der Waals surface area contributed by atoms with E-state index in [1.54, 1.807) is 0 Å². The number of ether oxygens (including phenoxy) is 1. The van der Waals surface area contributed by atoms with Gasteiger partial charge in [-0.25, -0.2) is 4.79 Å². The number of methoxy groups -OCH3 is 1. The second kappa shape index (κ2) is 9.02. The number of rotatable bonds is 4. The molecule has 5 heteroatoms. The van der Waals surface area contributed by atoms with Crippen LogP contribution in [0.3, 0.4) is 0 Å². The largest absolute Gasteiger partial charge is 0.467 e. The lowest BCUT2D eigenvalue weighted by Crippen LogP contribution is -2.19. The zero-order chi connectivity index (χ0) is 19.1. The van der Waals surface area contributed by atoms with Crippen molar-refractivity contribution in [3.8, 4) is 6.07 Å². The molecule has 27 heavy (non-hydrogen) atoms. The monoisotopic (exact) mass is 374 g/mol. The van der Waals surface area contributed by atoms with Crippen LogP contribution in [0.4, 0.5) is 0 Å². The summed E-state index contributed by atoms with van der Waals surface area (Å²) in [6.45, 7) is 0. The van der Waals surface area contributed by atoms with Gasteiger partial charge < -0.3 is 4.74 Å². The van der Waals surface area contributed by atoms with E-state index < -0.39 is 6.04 Å². The zero-order valence-electron chi connectivity index (χ0n) is 14.8. The summed E-state index contributed by atoms with van der Waals surface area (Å²) in [4.78, 5) is 16.2. The van der Waals surface area contributed by atoms with Crippen LogP contribution in [0.5, 0.6) is 0 Å². The second-order valence-corrected chi connectivity index (χ2v) is 6.81. The summed E-state index contributed by atoms with van der Waals surface area (Å²) in [5.41, 5.74) is 3.13. The molecule has 0 radical (unpaired) electrons. The number of allylic oxidation sites excluding steroid dienone is 9. The van der Waals surface area contributed by atoms with E-state index in [4.69, 9.17) is 4.74 Å². The fourth-order valence-electron chi connectivity index (χ4n) is 2.69. The Morgan fingerprint density at radius 2 is 1.93 bits per heavy atom. The Kier molecular flexibility index (Phi) is 6.24. The Morgan fingerprint density at radius 3 is 2.56 bits per heavy atom. The molecule has 0 fully saturated rings. The van der Waals surface area contributed by atoms with Crippen LogP contribution in [0.15, 0.2) is 89.0 Å². The highest BCUT2D eigenvalue weighted by atomic mass is 32.2. The number of nitrogens with zero attached hydrogens (tertiary/aromatic N) is 2. The summed E-state index contributed by atoms with van der Waals surface area (Å²) in [5.74, 6) is 0.102. The van der Waals surface area contributed by atoms with Gasteiger partial charge in [0, 0.05) is 11.3 Å². The highest BCUT2D eigenvalue weighted by Gasteiger charge is 2.28. The highest BCUT2D eigenvalue weighted by Crippen LogP contribution is 2.30. The van der Waals surface area contributed by atoms with Gasteiger partial charge in [-0.3, -0.25) is 4.99 Å². The van der Waals surface area contributed by atoms with Crippen LogP contribution >= 0.6 is 11.8 Å². The van der Waals surface area contributed by atoms with Gasteiger partial charge in [0.2, 0.25) is 0 Å². The molecule has 1 heterocycles. The van der Waals surface area contributed by atoms with Crippen LogP contribution in [-0.4, -0.2) is 29.9 Å². The van der Waals surface area contributed by atoms with Crippen molar-refractivity contribution in [2.45, 2.75) is 6.04 Å². The van der Waals surface area contributed by atoms with E-state index in [2.05, 4.69) is 11.1 Å². The van der Waals surface area contributed by atoms with Crippen LogP contribution in [0, 0.1) is 11.3 Å². The first-order chi connectivity index (χ1) is 13.2. The third kappa shape index (κ3) is 4.55. The number of nitriles is 1. The third-order valence-corrected chi connectivity index (χ3v) is 5.09. The van der Waals surface area contributed by atoms with Crippen molar-refractivity contribution < 1.29 is 9.53 Å². The second-order valence-electron chi connectivity index (χ2n) is 5.80. The van der Waals surface area contributed by atoms with Gasteiger partial charge in [-0.15, -0.1) is 11.8 Å². The smallest absolute Gasteiger partial charge is 0.331 e. The van der Waals surface area contributed by atoms with Crippen molar-refractivity contribution in [1.29, 1.82) is 5.26 Å².